The lowest BCUT2D eigenvalue weighted by atomic mass is 10.1. The maximum atomic E-state index is 14.1. The van der Waals surface area contributed by atoms with Crippen LogP contribution in [0.2, 0.25) is 0 Å². The van der Waals surface area contributed by atoms with Crippen LogP contribution in [0.3, 0.4) is 0 Å². The number of piperazine rings is 1. The highest BCUT2D eigenvalue weighted by Gasteiger charge is 2.46. The first kappa shape index (κ1) is 67.8. The lowest BCUT2D eigenvalue weighted by Crippen LogP contribution is -2.50. The minimum atomic E-state index is -3.05. The fraction of sp³-hybridized carbons (Fsp3) is 0.544. The number of aliphatic imine (C=N–C) groups is 1. The average molecular weight is 1220 g/mol. The fourth-order valence-corrected chi connectivity index (χ4v) is 9.95. The highest BCUT2D eigenvalue weighted by Crippen LogP contribution is 2.31. The zero-order valence-electron chi connectivity index (χ0n) is 49.3. The molecule has 474 valence electrons. The van der Waals surface area contributed by atoms with Crippen LogP contribution in [0.25, 0.3) is 10.9 Å². The molecule has 0 aliphatic carbocycles. The lowest BCUT2D eigenvalue weighted by Gasteiger charge is -2.34. The number of amides is 4. The standard InChI is InChI=1S/C57H81F2N17O11/c1-42-4-6-43(7-5-42)32-65-68-41-67-64-14-10-44(69-50(77)36-71-17-19-72(37-53(80)81)21-23-74(39-55(84)85)24-22-73(20-18-71)38-54(82)83)33-66-63-15-12-51(78)75-27-25-70(26-28-75)16-3-29-87-46-8-9-49-48(30-46)47(11-13-61-49)56(86)62-35-52(79)76-40-57(58,59)31-45(76)34-60-2/h4-9,11,13-14,30,32-34,44-45,63,67-68H,3,10,12,15-29,31,35-41H2,1-2H3,(H,62,86)(H,69,77)(H,80,81)(H,82,83)(H,84,85)/b60-34?,64-14+,65-32+,66-33-/t44?,45-/m1/s1. The molecule has 1 aromatic heterocycles. The van der Waals surface area contributed by atoms with E-state index in [1.165, 1.54) is 31.7 Å². The van der Waals surface area contributed by atoms with Crippen LogP contribution in [0.15, 0.2) is 75.0 Å². The molecule has 87 heavy (non-hydrogen) atoms. The number of rotatable bonds is 30. The van der Waals surface area contributed by atoms with Crippen molar-refractivity contribution in [2.24, 2.45) is 20.3 Å². The van der Waals surface area contributed by atoms with Crippen molar-refractivity contribution in [3.05, 3.63) is 71.4 Å². The molecule has 0 saturated carbocycles. The van der Waals surface area contributed by atoms with Crippen LogP contribution < -0.4 is 31.6 Å². The van der Waals surface area contributed by atoms with Crippen LogP contribution >= 0.6 is 0 Å². The molecule has 1 unspecified atom stereocenters. The number of alkyl halides is 2. The third kappa shape index (κ3) is 24.5. The molecular formula is C57H81F2N17O11. The van der Waals surface area contributed by atoms with E-state index in [-0.39, 0.29) is 122 Å². The Morgan fingerprint density at radius 3 is 1.98 bits per heavy atom. The SMILES string of the molecule is CN=C[C@H]1CC(F)(F)CN1C(=O)CNC(=O)c1ccnc2ccc(OCCCN3CCN(C(=O)CCN/N=C\C(C/C=N/NCN/N=C/c4ccc(C)cc4)NC(=O)CN4CCN(CC(=O)O)CCN(CC(=O)O)CCN(CC(=O)O)CC4)CC3)cc12. The van der Waals surface area contributed by atoms with E-state index in [2.05, 4.69) is 57.1 Å². The largest absolute Gasteiger partial charge is 0.494 e. The van der Waals surface area contributed by atoms with E-state index in [0.29, 0.717) is 62.4 Å². The van der Waals surface area contributed by atoms with Gasteiger partial charge in [0.25, 0.3) is 11.8 Å². The number of aliphatic carboxylic acids is 3. The quantitative estimate of drug-likeness (QED) is 0.0182. The van der Waals surface area contributed by atoms with Gasteiger partial charge in [-0.2, -0.15) is 15.3 Å². The summed E-state index contributed by atoms with van der Waals surface area (Å²) in [6, 6.07) is 13.0. The van der Waals surface area contributed by atoms with Gasteiger partial charge in [0, 0.05) is 148 Å². The second-order valence-corrected chi connectivity index (χ2v) is 21.3. The molecule has 3 aliphatic rings. The number of fused-ring (bicyclic) bond motifs is 1. The van der Waals surface area contributed by atoms with E-state index in [0.717, 1.165) is 16.0 Å². The Bertz CT molecular complexity index is 2850. The number of hydrazone groups is 3. The highest BCUT2D eigenvalue weighted by molar-refractivity contribution is 6.07. The number of carbonyl (C=O) groups is 7. The van der Waals surface area contributed by atoms with Crippen molar-refractivity contribution in [3.8, 4) is 5.75 Å². The van der Waals surface area contributed by atoms with E-state index >= 15 is 0 Å². The van der Waals surface area contributed by atoms with E-state index in [1.54, 1.807) is 50.2 Å². The van der Waals surface area contributed by atoms with Crippen LogP contribution in [0.4, 0.5) is 8.78 Å². The van der Waals surface area contributed by atoms with Gasteiger partial charge in [-0.05, 0) is 43.2 Å². The molecule has 0 spiro atoms. The Balaban J connectivity index is 0.954. The van der Waals surface area contributed by atoms with Crippen LogP contribution in [0.1, 0.15) is 47.2 Å². The number of hydrogen-bond acceptors (Lipinski definition) is 21. The number of hydrogen-bond donors (Lipinski definition) is 8. The van der Waals surface area contributed by atoms with Crippen molar-refractivity contribution >= 4 is 77.3 Å². The maximum Gasteiger partial charge on any atom is 0.317 e. The van der Waals surface area contributed by atoms with Crippen LogP contribution in [0.5, 0.6) is 5.75 Å². The number of halogens is 2. The molecule has 2 aromatic carbocycles. The summed E-state index contributed by atoms with van der Waals surface area (Å²) in [7, 11) is 1.45. The Morgan fingerprint density at radius 1 is 0.747 bits per heavy atom. The molecule has 30 heteroatoms. The number of ether oxygens (including phenoxy) is 1. The summed E-state index contributed by atoms with van der Waals surface area (Å²) in [5.74, 6) is -7.36. The second kappa shape index (κ2) is 35.3. The molecule has 3 aromatic rings. The summed E-state index contributed by atoms with van der Waals surface area (Å²) in [6.45, 7) is 5.60. The Hall–Kier alpha value is -8.32. The first-order valence-electron chi connectivity index (χ1n) is 28.9. The molecule has 28 nitrogen and oxygen atoms in total. The molecule has 3 saturated heterocycles. The normalized spacial score (nSPS) is 18.4. The highest BCUT2D eigenvalue weighted by atomic mass is 19.3. The smallest absolute Gasteiger partial charge is 0.317 e. The van der Waals surface area contributed by atoms with Gasteiger partial charge in [-0.3, -0.25) is 78.9 Å². The Morgan fingerprint density at radius 2 is 1.36 bits per heavy atom. The predicted octanol–water partition coefficient (Wildman–Crippen LogP) is -0.405. The van der Waals surface area contributed by atoms with Gasteiger partial charge >= 0.3 is 17.9 Å². The molecule has 6 rings (SSSR count). The topological polar surface area (TPSA) is 335 Å². The number of carbonyl (C=O) groups excluding carboxylic acids is 4. The third-order valence-corrected chi connectivity index (χ3v) is 14.5. The van der Waals surface area contributed by atoms with Crippen molar-refractivity contribution in [2.45, 2.75) is 50.6 Å². The molecule has 8 N–H and O–H groups in total. The third-order valence-electron chi connectivity index (χ3n) is 14.5. The molecule has 4 amide bonds. The van der Waals surface area contributed by atoms with Crippen LogP contribution in [-0.4, -0.2) is 290 Å². The molecule has 0 radical (unpaired) electrons. The number of aryl methyl sites for hydroxylation is 1. The van der Waals surface area contributed by atoms with Crippen molar-refractivity contribution in [2.75, 3.05) is 151 Å². The molecule has 3 aliphatic heterocycles. The number of benzene rings is 2. The van der Waals surface area contributed by atoms with E-state index in [4.69, 9.17) is 4.74 Å². The molecule has 0 bridgehead atoms. The maximum absolute atomic E-state index is 14.1. The van der Waals surface area contributed by atoms with Crippen LogP contribution in [0, 0.1) is 6.92 Å². The molecule has 4 heterocycles. The summed E-state index contributed by atoms with van der Waals surface area (Å²) in [6.07, 6.45) is 8.05. The average Bonchev–Trinajstić information content (AvgIpc) is 2.28. The minimum absolute atomic E-state index is 0.0506. The number of likely N-dealkylation sites (tertiary alicyclic amines) is 1. The first-order valence-corrected chi connectivity index (χ1v) is 28.9. The van der Waals surface area contributed by atoms with E-state index in [9.17, 15) is 57.7 Å². The van der Waals surface area contributed by atoms with Gasteiger partial charge in [0.1, 0.15) is 12.4 Å². The van der Waals surface area contributed by atoms with Gasteiger partial charge in [0.2, 0.25) is 17.7 Å². The number of nitrogens with zero attached hydrogens (tertiary/aromatic N) is 12. The zero-order chi connectivity index (χ0) is 62.6. The van der Waals surface area contributed by atoms with E-state index < -0.39 is 67.2 Å². The van der Waals surface area contributed by atoms with Crippen molar-refractivity contribution in [3.63, 3.8) is 0 Å². The first-order chi connectivity index (χ1) is 41.8. The predicted molar refractivity (Wildman–Crippen MR) is 321 cm³/mol. The lowest BCUT2D eigenvalue weighted by molar-refractivity contribution is -0.140. The van der Waals surface area contributed by atoms with Gasteiger partial charge in [-0.1, -0.05) is 29.8 Å². The van der Waals surface area contributed by atoms with Crippen molar-refractivity contribution in [1.29, 1.82) is 0 Å². The van der Waals surface area contributed by atoms with Crippen molar-refractivity contribution in [1.82, 2.24) is 66.2 Å². The van der Waals surface area contributed by atoms with Gasteiger partial charge in [0.05, 0.1) is 75.3 Å². The number of carboxylic acid groups (broad SMARTS) is 3. The summed E-state index contributed by atoms with van der Waals surface area (Å²) in [5.41, 5.74) is 11.5. The molecule has 2 atom stereocenters. The number of aromatic nitrogens is 1. The Labute approximate surface area is 503 Å². The minimum Gasteiger partial charge on any atom is -0.494 e. The summed E-state index contributed by atoms with van der Waals surface area (Å²) < 4.78 is 34.3. The summed E-state index contributed by atoms with van der Waals surface area (Å²) in [5, 5.41) is 47.6. The monoisotopic (exact) mass is 1220 g/mol. The van der Waals surface area contributed by atoms with E-state index in [1.807, 2.05) is 36.1 Å². The number of pyridine rings is 1. The van der Waals surface area contributed by atoms with Gasteiger partial charge in [-0.25, -0.2) is 8.78 Å². The molecular weight excluding hydrogens is 1140 g/mol. The number of nitrogens with one attached hydrogen (secondary N) is 5. The zero-order valence-corrected chi connectivity index (χ0v) is 49.3. The Kier molecular flexibility index (Phi) is 27.5. The summed E-state index contributed by atoms with van der Waals surface area (Å²) >= 11 is 0. The van der Waals surface area contributed by atoms with Gasteiger partial charge in [-0.15, -0.1) is 0 Å². The molecule has 3 fully saturated rings. The van der Waals surface area contributed by atoms with Crippen molar-refractivity contribution < 1.29 is 62.4 Å². The number of carboxylic acids is 3. The summed E-state index contributed by atoms with van der Waals surface area (Å²) in [4.78, 5) is 108. The van der Waals surface area contributed by atoms with Gasteiger partial charge < -0.3 is 45.9 Å². The van der Waals surface area contributed by atoms with Gasteiger partial charge in [0.15, 0.2) is 0 Å². The fourth-order valence-electron chi connectivity index (χ4n) is 9.95. The van der Waals surface area contributed by atoms with Crippen LogP contribution in [-0.2, 0) is 28.8 Å². The second-order valence-electron chi connectivity index (χ2n) is 21.3.